The van der Waals surface area contributed by atoms with E-state index in [-0.39, 0.29) is 0 Å². The molecule has 2 N–H and O–H groups in total. The summed E-state index contributed by atoms with van der Waals surface area (Å²) >= 11 is 0. The van der Waals surface area contributed by atoms with Gasteiger partial charge in [0.05, 0.1) is 26.6 Å². The molecule has 2 aromatic rings. The van der Waals surface area contributed by atoms with Gasteiger partial charge in [0, 0.05) is 17.0 Å². The monoisotopic (exact) mass is 368 g/mol. The molecule has 4 nitrogen and oxygen atoms in total. The van der Waals surface area contributed by atoms with Crippen molar-refractivity contribution in [3.05, 3.63) is 36.0 Å². The molecule has 1 aromatic heterocycles. The van der Waals surface area contributed by atoms with Crippen molar-refractivity contribution in [2.24, 2.45) is 11.8 Å². The normalized spacial score (nSPS) is 17.3. The highest BCUT2D eigenvalue weighted by Crippen LogP contribution is 2.33. The van der Waals surface area contributed by atoms with Crippen molar-refractivity contribution < 1.29 is 9.84 Å². The van der Waals surface area contributed by atoms with E-state index < -0.39 is 11.5 Å². The summed E-state index contributed by atoms with van der Waals surface area (Å²) in [5.41, 5.74) is 0.689. The quantitative estimate of drug-likeness (QED) is 0.617. The predicted molar refractivity (Wildman–Crippen MR) is 113 cm³/mol. The van der Waals surface area contributed by atoms with Gasteiger partial charge in [-0.3, -0.25) is 4.98 Å². The highest BCUT2D eigenvalue weighted by molar-refractivity contribution is 6.16. The number of aliphatic hydroxyl groups is 1. The minimum atomic E-state index is -0.896. The Bertz CT molecular complexity index is 739. The molecule has 0 fully saturated rings. The zero-order chi connectivity index (χ0) is 20.0. The number of rotatable bonds is 10. The first-order valence-corrected chi connectivity index (χ1v) is 10.0. The number of aromatic nitrogens is 1. The van der Waals surface area contributed by atoms with Gasteiger partial charge in [0.15, 0.2) is 0 Å². The van der Waals surface area contributed by atoms with Crippen molar-refractivity contribution in [2.75, 3.05) is 13.7 Å². The van der Waals surface area contributed by atoms with Gasteiger partial charge in [-0.2, -0.15) is 0 Å². The zero-order valence-electron chi connectivity index (χ0n) is 17.3. The summed E-state index contributed by atoms with van der Waals surface area (Å²) in [6, 6.07) is 7.51. The van der Waals surface area contributed by atoms with Gasteiger partial charge >= 0.3 is 0 Å². The van der Waals surface area contributed by atoms with E-state index in [1.165, 1.54) is 6.42 Å². The van der Waals surface area contributed by atoms with Crippen LogP contribution >= 0.6 is 0 Å². The Morgan fingerprint density at radius 3 is 2.59 bits per heavy atom. The lowest BCUT2D eigenvalue weighted by atomic mass is 9.68. The first kappa shape index (κ1) is 21.7. The molecule has 0 bridgehead atoms. The van der Waals surface area contributed by atoms with Crippen LogP contribution in [-0.2, 0) is 0 Å². The maximum Gasteiger partial charge on any atom is 0.119 e. The minimum absolute atomic E-state index is 0.611. The number of aliphatic hydroxyl groups excluding tert-OH is 1. The molecule has 2 rings (SSSR count). The molecule has 0 saturated heterocycles. The molecule has 1 heterocycles. The maximum atomic E-state index is 11.2. The highest BCUT2D eigenvalue weighted by Gasteiger charge is 2.32. The second kappa shape index (κ2) is 9.56. The van der Waals surface area contributed by atoms with Gasteiger partial charge in [0.2, 0.25) is 0 Å². The van der Waals surface area contributed by atoms with Crippen molar-refractivity contribution in [1.29, 1.82) is 0 Å². The largest absolute Gasteiger partial charge is 0.497 e. The lowest BCUT2D eigenvalue weighted by Crippen LogP contribution is -2.51. The summed E-state index contributed by atoms with van der Waals surface area (Å²) in [5.74, 6) is 2.03. The Morgan fingerprint density at radius 1 is 1.22 bits per heavy atom. The van der Waals surface area contributed by atoms with Gasteiger partial charge in [0.1, 0.15) is 5.75 Å². The Hall–Kier alpha value is -1.59. The van der Waals surface area contributed by atoms with E-state index in [1.54, 1.807) is 13.3 Å². The van der Waals surface area contributed by atoms with Crippen LogP contribution in [0.3, 0.4) is 0 Å². The van der Waals surface area contributed by atoms with Gasteiger partial charge in [-0.15, -0.1) is 0 Å². The Morgan fingerprint density at radius 2 is 1.96 bits per heavy atom. The predicted octanol–water partition coefficient (Wildman–Crippen LogP) is 4.21. The Balaban J connectivity index is 2.22. The number of methoxy groups -OCH3 is 1. The van der Waals surface area contributed by atoms with Crippen molar-refractivity contribution in [2.45, 2.75) is 58.5 Å². The van der Waals surface area contributed by atoms with E-state index in [0.717, 1.165) is 35.2 Å². The molecule has 3 unspecified atom stereocenters. The van der Waals surface area contributed by atoms with Crippen molar-refractivity contribution in [1.82, 2.24) is 10.3 Å². The summed E-state index contributed by atoms with van der Waals surface area (Å²) in [6.45, 7) is 9.56. The second-order valence-electron chi connectivity index (χ2n) is 7.66. The summed E-state index contributed by atoms with van der Waals surface area (Å²) in [5, 5.41) is 15.5. The first-order valence-electron chi connectivity index (χ1n) is 10.0. The topological polar surface area (TPSA) is 54.4 Å². The third-order valence-corrected chi connectivity index (χ3v) is 6.02. The molecule has 0 aliphatic heterocycles. The molecule has 0 saturated carbocycles. The molecule has 0 aliphatic rings. The Kier molecular flexibility index (Phi) is 7.69. The molecule has 0 spiro atoms. The van der Waals surface area contributed by atoms with Gasteiger partial charge < -0.3 is 15.2 Å². The fraction of sp³-hybridized carbons (Fsp3) is 0.591. The average molecular weight is 368 g/mol. The number of hydrogen-bond acceptors (Lipinski definition) is 4. The molecular weight excluding hydrogens is 335 g/mol. The fourth-order valence-corrected chi connectivity index (χ4v) is 3.42. The molecule has 146 valence electrons. The van der Waals surface area contributed by atoms with Crippen LogP contribution in [0.4, 0.5) is 0 Å². The zero-order valence-corrected chi connectivity index (χ0v) is 17.3. The molecule has 27 heavy (non-hydrogen) atoms. The molecule has 2 radical (unpaired) electrons. The van der Waals surface area contributed by atoms with Crippen LogP contribution in [0.1, 0.15) is 58.6 Å². The summed E-state index contributed by atoms with van der Waals surface area (Å²) in [7, 11) is 8.25. The molecule has 1 aromatic carbocycles. The smallest absolute Gasteiger partial charge is 0.119 e. The molecule has 0 aliphatic carbocycles. The van der Waals surface area contributed by atoms with Gasteiger partial charge in [-0.25, -0.2) is 0 Å². The SMILES string of the molecule is [B]C(CC)(NCCC(C)[C@H](C)CC)C(O)c1ccnc2ccc(OC)cc12. The van der Waals surface area contributed by atoms with Crippen molar-refractivity contribution in [3.8, 4) is 5.75 Å². The number of pyridine rings is 1. The van der Waals surface area contributed by atoms with Crippen LogP contribution < -0.4 is 10.1 Å². The Labute approximate surface area is 165 Å². The summed E-state index contributed by atoms with van der Waals surface area (Å²) < 4.78 is 5.34. The maximum absolute atomic E-state index is 11.2. The van der Waals surface area contributed by atoms with Gasteiger partial charge in [-0.05, 0) is 61.1 Å². The molecule has 5 heteroatoms. The van der Waals surface area contributed by atoms with Crippen LogP contribution in [0.5, 0.6) is 5.75 Å². The average Bonchev–Trinajstić information content (AvgIpc) is 2.71. The van der Waals surface area contributed by atoms with E-state index in [9.17, 15) is 5.11 Å². The van der Waals surface area contributed by atoms with Gasteiger partial charge in [-0.1, -0.05) is 34.1 Å². The van der Waals surface area contributed by atoms with Crippen LogP contribution in [0.15, 0.2) is 30.5 Å². The standard InChI is InChI=1S/C22H33BN2O2/c1-6-15(3)16(4)10-13-25-22(23,7-2)21(26)18-11-12-24-20-9-8-17(27-5)14-19(18)20/h8-9,11-12,14-16,21,25-26H,6-7,10,13H2,1-5H3/t15-,16?,21?,22?/m1/s1. The van der Waals surface area contributed by atoms with Crippen LogP contribution in [0.25, 0.3) is 10.9 Å². The lowest BCUT2D eigenvalue weighted by molar-refractivity contribution is 0.103. The second-order valence-corrected chi connectivity index (χ2v) is 7.66. The van der Waals surface area contributed by atoms with E-state index in [1.807, 2.05) is 31.2 Å². The number of ether oxygens (including phenoxy) is 1. The van der Waals surface area contributed by atoms with Crippen molar-refractivity contribution in [3.63, 3.8) is 0 Å². The fourth-order valence-electron chi connectivity index (χ4n) is 3.42. The third-order valence-electron chi connectivity index (χ3n) is 6.02. The van der Waals surface area contributed by atoms with Gasteiger partial charge in [0.25, 0.3) is 0 Å². The van der Waals surface area contributed by atoms with Crippen LogP contribution in [0, 0.1) is 11.8 Å². The number of nitrogens with one attached hydrogen (secondary N) is 1. The third kappa shape index (κ3) is 5.02. The van der Waals surface area contributed by atoms with E-state index >= 15 is 0 Å². The van der Waals surface area contributed by atoms with E-state index in [4.69, 9.17) is 12.6 Å². The van der Waals surface area contributed by atoms with Crippen molar-refractivity contribution >= 4 is 18.7 Å². The van der Waals surface area contributed by atoms with Crippen LogP contribution in [-0.4, -0.2) is 37.0 Å². The number of hydrogen-bond donors (Lipinski definition) is 2. The number of benzene rings is 1. The van der Waals surface area contributed by atoms with Crippen LogP contribution in [0.2, 0.25) is 0 Å². The lowest BCUT2D eigenvalue weighted by Gasteiger charge is -2.37. The number of fused-ring (bicyclic) bond motifs is 1. The molecule has 4 atom stereocenters. The van der Waals surface area contributed by atoms with E-state index in [0.29, 0.717) is 18.3 Å². The number of nitrogens with zero attached hydrogens (tertiary/aromatic N) is 1. The molecular formula is C22H33BN2O2. The highest BCUT2D eigenvalue weighted by atomic mass is 16.5. The minimum Gasteiger partial charge on any atom is -0.497 e. The summed E-state index contributed by atoms with van der Waals surface area (Å²) in [6.07, 6.45) is 3.69. The first-order chi connectivity index (χ1) is 12.9. The summed E-state index contributed by atoms with van der Waals surface area (Å²) in [4.78, 5) is 4.39. The van der Waals surface area contributed by atoms with E-state index in [2.05, 4.69) is 31.1 Å². The molecule has 0 amide bonds.